The predicted octanol–water partition coefficient (Wildman–Crippen LogP) is 4.46. The van der Waals surface area contributed by atoms with Gasteiger partial charge in [0.05, 0.1) is 23.8 Å². The average Bonchev–Trinajstić information content (AvgIpc) is 3.31. The molecule has 1 fully saturated rings. The molecule has 0 spiro atoms. The number of amides is 1. The van der Waals surface area contributed by atoms with Gasteiger partial charge in [0, 0.05) is 11.8 Å². The number of carbonyl (C=O) groups is 1. The molecule has 0 aliphatic carbocycles. The van der Waals surface area contributed by atoms with E-state index in [2.05, 4.69) is 27.3 Å². The number of carbonyl (C=O) groups excluding carboxylic acids is 1. The van der Waals surface area contributed by atoms with E-state index in [1.54, 1.807) is 19.2 Å². The molecule has 184 valence electrons. The molecule has 1 saturated heterocycles. The Balaban J connectivity index is 1.56. The van der Waals surface area contributed by atoms with Crippen molar-refractivity contribution in [3.8, 4) is 11.4 Å². The lowest BCUT2D eigenvalue weighted by Crippen LogP contribution is -2.33. The van der Waals surface area contributed by atoms with Crippen molar-refractivity contribution in [3.05, 3.63) is 64.5 Å². The van der Waals surface area contributed by atoms with E-state index in [4.69, 9.17) is 4.74 Å². The third-order valence-corrected chi connectivity index (χ3v) is 6.94. The number of thioether (sulfide) groups is 1. The summed E-state index contributed by atoms with van der Waals surface area (Å²) in [6.07, 6.45) is 3.56. The summed E-state index contributed by atoms with van der Waals surface area (Å²) in [7, 11) is 1.62. The molecule has 0 radical (unpaired) electrons. The molecule has 3 aromatic rings. The van der Waals surface area contributed by atoms with Gasteiger partial charge in [-0.2, -0.15) is 0 Å². The number of likely N-dealkylation sites (tertiary alicyclic amines) is 1. The van der Waals surface area contributed by atoms with Crippen LogP contribution in [0.25, 0.3) is 5.69 Å². The van der Waals surface area contributed by atoms with E-state index in [-0.39, 0.29) is 29.1 Å². The second-order valence-electron chi connectivity index (χ2n) is 8.26. The Bertz CT molecular complexity index is 1180. The number of rotatable bonds is 9. The summed E-state index contributed by atoms with van der Waals surface area (Å²) >= 11 is 1.24. The van der Waals surface area contributed by atoms with Crippen molar-refractivity contribution in [1.29, 1.82) is 0 Å². The minimum absolute atomic E-state index is 0.0262. The van der Waals surface area contributed by atoms with Crippen LogP contribution in [-0.4, -0.2) is 56.4 Å². The number of hydrogen-bond donors (Lipinski definition) is 1. The zero-order chi connectivity index (χ0) is 24.8. The lowest BCUT2D eigenvalue weighted by atomic mass is 10.1. The zero-order valence-corrected chi connectivity index (χ0v) is 20.5. The van der Waals surface area contributed by atoms with Gasteiger partial charge in [-0.1, -0.05) is 30.3 Å². The number of nitrogens with zero attached hydrogens (tertiary/aromatic N) is 5. The molecule has 1 unspecified atom stereocenters. The van der Waals surface area contributed by atoms with Gasteiger partial charge in [0.1, 0.15) is 11.4 Å². The number of para-hydroxylation sites is 2. The van der Waals surface area contributed by atoms with Crippen molar-refractivity contribution in [2.24, 2.45) is 0 Å². The summed E-state index contributed by atoms with van der Waals surface area (Å²) in [6, 6.07) is 13.8. The van der Waals surface area contributed by atoms with Crippen LogP contribution in [-0.2, 0) is 4.79 Å². The van der Waals surface area contributed by atoms with E-state index in [9.17, 15) is 14.9 Å². The maximum atomic E-state index is 12.6. The Kier molecular flexibility index (Phi) is 7.98. The number of nitrogens with one attached hydrogen (secondary N) is 1. The van der Waals surface area contributed by atoms with Crippen LogP contribution < -0.4 is 10.1 Å². The van der Waals surface area contributed by atoms with Crippen LogP contribution in [0.5, 0.6) is 5.75 Å². The highest BCUT2D eigenvalue weighted by molar-refractivity contribution is 7.99. The molecule has 1 amide bonds. The van der Waals surface area contributed by atoms with Crippen molar-refractivity contribution < 1.29 is 14.5 Å². The summed E-state index contributed by atoms with van der Waals surface area (Å²) < 4.78 is 7.27. The van der Waals surface area contributed by atoms with Gasteiger partial charge in [-0.05, 0) is 63.2 Å². The second kappa shape index (κ2) is 11.3. The molecule has 1 aliphatic heterocycles. The number of hydrogen-bond acceptors (Lipinski definition) is 8. The largest absolute Gasteiger partial charge is 0.497 e. The Labute approximate surface area is 207 Å². The Hall–Kier alpha value is -3.44. The van der Waals surface area contributed by atoms with Gasteiger partial charge >= 0.3 is 0 Å². The van der Waals surface area contributed by atoms with E-state index >= 15 is 0 Å². The summed E-state index contributed by atoms with van der Waals surface area (Å²) in [5, 5.41) is 23.4. The maximum absolute atomic E-state index is 12.6. The van der Waals surface area contributed by atoms with Crippen LogP contribution in [0.1, 0.15) is 38.1 Å². The van der Waals surface area contributed by atoms with Crippen molar-refractivity contribution in [2.75, 3.05) is 31.3 Å². The highest BCUT2D eigenvalue weighted by atomic mass is 32.2. The first-order valence-electron chi connectivity index (χ1n) is 11.5. The first kappa shape index (κ1) is 24.7. The van der Waals surface area contributed by atoms with Crippen LogP contribution in [0, 0.1) is 10.1 Å². The minimum Gasteiger partial charge on any atom is -0.497 e. The standard InChI is InChI=1S/C24H28N6O4S/c1-17(28-14-6-3-7-15-28)23-26-27-24(29(23)18-10-12-19(34-2)13-11-18)35-16-22(31)25-20-8-4-5-9-21(20)30(32)33/h4-5,8-13,17H,3,6-7,14-16H2,1-2H3,(H,25,31). The highest BCUT2D eigenvalue weighted by Crippen LogP contribution is 2.30. The summed E-state index contributed by atoms with van der Waals surface area (Å²) in [6.45, 7) is 4.15. The van der Waals surface area contributed by atoms with Crippen molar-refractivity contribution >= 4 is 29.0 Å². The van der Waals surface area contributed by atoms with Crippen molar-refractivity contribution in [1.82, 2.24) is 19.7 Å². The molecule has 11 heteroatoms. The molecular weight excluding hydrogens is 468 g/mol. The fourth-order valence-electron chi connectivity index (χ4n) is 4.14. The third-order valence-electron chi connectivity index (χ3n) is 6.01. The van der Waals surface area contributed by atoms with Crippen LogP contribution in [0.15, 0.2) is 53.7 Å². The molecule has 4 rings (SSSR count). The number of nitro benzene ring substituents is 1. The van der Waals surface area contributed by atoms with Gasteiger partial charge < -0.3 is 10.1 Å². The Morgan fingerprint density at radius 2 is 1.86 bits per heavy atom. The second-order valence-corrected chi connectivity index (χ2v) is 9.20. The molecule has 2 heterocycles. The normalized spacial score (nSPS) is 14.9. The number of ether oxygens (including phenoxy) is 1. The van der Waals surface area contributed by atoms with Crippen LogP contribution in [0.3, 0.4) is 0 Å². The first-order valence-corrected chi connectivity index (χ1v) is 12.5. The molecule has 0 bridgehead atoms. The SMILES string of the molecule is COc1ccc(-n2c(SCC(=O)Nc3ccccc3[N+](=O)[O-])nnc2C(C)N2CCCCC2)cc1. The van der Waals surface area contributed by atoms with E-state index in [1.807, 2.05) is 28.8 Å². The summed E-state index contributed by atoms with van der Waals surface area (Å²) in [5.41, 5.74) is 0.889. The Morgan fingerprint density at radius 1 is 1.14 bits per heavy atom. The monoisotopic (exact) mass is 496 g/mol. The smallest absolute Gasteiger partial charge is 0.292 e. The molecule has 10 nitrogen and oxygen atoms in total. The van der Waals surface area contributed by atoms with Gasteiger partial charge in [0.25, 0.3) is 5.69 Å². The maximum Gasteiger partial charge on any atom is 0.292 e. The van der Waals surface area contributed by atoms with Gasteiger partial charge in [-0.15, -0.1) is 10.2 Å². The number of anilines is 1. The lowest BCUT2D eigenvalue weighted by Gasteiger charge is -2.31. The van der Waals surface area contributed by atoms with E-state index < -0.39 is 4.92 Å². The molecule has 1 aliphatic rings. The van der Waals surface area contributed by atoms with Gasteiger partial charge in [0.15, 0.2) is 11.0 Å². The average molecular weight is 497 g/mol. The molecule has 1 N–H and O–H groups in total. The topological polar surface area (TPSA) is 115 Å². The molecule has 1 aromatic heterocycles. The van der Waals surface area contributed by atoms with Crippen molar-refractivity contribution in [2.45, 2.75) is 37.4 Å². The van der Waals surface area contributed by atoms with Gasteiger partial charge in [-0.3, -0.25) is 24.4 Å². The number of benzene rings is 2. The van der Waals surface area contributed by atoms with E-state index in [0.717, 1.165) is 43.2 Å². The van der Waals surface area contributed by atoms with E-state index in [0.29, 0.717) is 5.16 Å². The fourth-order valence-corrected chi connectivity index (χ4v) is 4.90. The molecule has 35 heavy (non-hydrogen) atoms. The molecule has 0 saturated carbocycles. The van der Waals surface area contributed by atoms with Crippen molar-refractivity contribution in [3.63, 3.8) is 0 Å². The summed E-state index contributed by atoms with van der Waals surface area (Å²) in [4.78, 5) is 25.8. The van der Waals surface area contributed by atoms with Gasteiger partial charge in [-0.25, -0.2) is 0 Å². The number of methoxy groups -OCH3 is 1. The lowest BCUT2D eigenvalue weighted by molar-refractivity contribution is -0.383. The van der Waals surface area contributed by atoms with Crippen LogP contribution >= 0.6 is 11.8 Å². The highest BCUT2D eigenvalue weighted by Gasteiger charge is 2.26. The number of aromatic nitrogens is 3. The third kappa shape index (κ3) is 5.80. The predicted molar refractivity (Wildman–Crippen MR) is 134 cm³/mol. The first-order chi connectivity index (χ1) is 17.0. The molecule has 1 atom stereocenters. The van der Waals surface area contributed by atoms with E-state index in [1.165, 1.54) is 30.3 Å². The Morgan fingerprint density at radius 3 is 2.54 bits per heavy atom. The molecule has 2 aromatic carbocycles. The quantitative estimate of drug-likeness (QED) is 0.262. The summed E-state index contributed by atoms with van der Waals surface area (Å²) in [5.74, 6) is 1.21. The molecular formula is C24H28N6O4S. The van der Waals surface area contributed by atoms with Gasteiger partial charge in [0.2, 0.25) is 5.91 Å². The van der Waals surface area contributed by atoms with Crippen LogP contribution in [0.2, 0.25) is 0 Å². The number of nitro groups is 1. The minimum atomic E-state index is -0.517. The zero-order valence-electron chi connectivity index (χ0n) is 19.7. The fraction of sp³-hybridized carbons (Fsp3) is 0.375. The van der Waals surface area contributed by atoms with Crippen LogP contribution in [0.4, 0.5) is 11.4 Å². The number of piperidine rings is 1.